The topological polar surface area (TPSA) is 86.3 Å². The SMILES string of the molecule is CCO[Si](CCN(CC[Si](OCC)(OCC)OCC)CC[Si](OCC)(OCC)OCC)(OCC)OCC. The summed E-state index contributed by atoms with van der Waals surface area (Å²) in [6.07, 6.45) is 0. The number of rotatable bonds is 27. The summed E-state index contributed by atoms with van der Waals surface area (Å²) in [6.45, 7) is 25.0. The van der Waals surface area contributed by atoms with E-state index in [1.165, 1.54) is 0 Å². The van der Waals surface area contributed by atoms with E-state index in [2.05, 4.69) is 4.90 Å². The lowest BCUT2D eigenvalue weighted by molar-refractivity contribution is 0.0610. The Morgan fingerprint density at radius 1 is 0.324 bits per heavy atom. The van der Waals surface area contributed by atoms with Gasteiger partial charge >= 0.3 is 26.4 Å². The van der Waals surface area contributed by atoms with Gasteiger partial charge in [0.25, 0.3) is 0 Å². The lowest BCUT2D eigenvalue weighted by Gasteiger charge is -2.35. The highest BCUT2D eigenvalue weighted by atomic mass is 28.4. The fraction of sp³-hybridized carbons (Fsp3) is 1.00. The average molecular weight is 588 g/mol. The second-order valence-corrected chi connectivity index (χ2v) is 16.2. The Balaban J connectivity index is 5.88. The van der Waals surface area contributed by atoms with Crippen molar-refractivity contribution in [1.29, 1.82) is 0 Å². The van der Waals surface area contributed by atoms with E-state index >= 15 is 0 Å². The van der Waals surface area contributed by atoms with E-state index in [1.807, 2.05) is 62.3 Å². The summed E-state index contributed by atoms with van der Waals surface area (Å²) in [7, 11) is -8.42. The first kappa shape index (κ1) is 37.3. The zero-order valence-electron chi connectivity index (χ0n) is 25.2. The molecule has 0 fully saturated rings. The van der Waals surface area contributed by atoms with Gasteiger partial charge in [-0.15, -0.1) is 0 Å². The minimum absolute atomic E-state index is 0.552. The van der Waals surface area contributed by atoms with Gasteiger partial charge in [-0.25, -0.2) is 0 Å². The fourth-order valence-electron chi connectivity index (χ4n) is 4.22. The summed E-state index contributed by atoms with van der Waals surface area (Å²) >= 11 is 0. The predicted molar refractivity (Wildman–Crippen MR) is 153 cm³/mol. The predicted octanol–water partition coefficient (Wildman–Crippen LogP) is 4.43. The van der Waals surface area contributed by atoms with Gasteiger partial charge < -0.3 is 44.7 Å². The van der Waals surface area contributed by atoms with Crippen LogP contribution in [0, 0.1) is 0 Å². The van der Waals surface area contributed by atoms with Crippen LogP contribution in [-0.4, -0.2) is 110 Å². The third-order valence-electron chi connectivity index (χ3n) is 5.48. The van der Waals surface area contributed by atoms with Crippen molar-refractivity contribution in [1.82, 2.24) is 4.90 Å². The van der Waals surface area contributed by atoms with Crippen molar-refractivity contribution in [2.24, 2.45) is 0 Å². The Morgan fingerprint density at radius 3 is 0.622 bits per heavy atom. The highest BCUT2D eigenvalue weighted by Crippen LogP contribution is 2.22. The fourth-order valence-corrected chi connectivity index (χ4v) is 12.0. The molecule has 0 aliphatic heterocycles. The first-order valence-electron chi connectivity index (χ1n) is 14.3. The van der Waals surface area contributed by atoms with Crippen LogP contribution < -0.4 is 0 Å². The van der Waals surface area contributed by atoms with Gasteiger partial charge in [0, 0.05) is 97.2 Å². The molecule has 0 heterocycles. The van der Waals surface area contributed by atoms with Crippen LogP contribution in [0.1, 0.15) is 62.3 Å². The third-order valence-corrected chi connectivity index (χ3v) is 14.5. The van der Waals surface area contributed by atoms with Crippen LogP contribution in [-0.2, 0) is 39.8 Å². The summed E-state index contributed by atoms with van der Waals surface area (Å²) in [5.74, 6) is 0. The minimum Gasteiger partial charge on any atom is -0.374 e. The first-order valence-corrected chi connectivity index (χ1v) is 20.1. The van der Waals surface area contributed by atoms with Crippen LogP contribution >= 0.6 is 0 Å². The average Bonchev–Trinajstić information content (AvgIpc) is 2.85. The largest absolute Gasteiger partial charge is 0.502 e. The highest BCUT2D eigenvalue weighted by Gasteiger charge is 2.44. The zero-order valence-corrected chi connectivity index (χ0v) is 28.2. The number of hydrogen-bond donors (Lipinski definition) is 0. The third kappa shape index (κ3) is 14.4. The van der Waals surface area contributed by atoms with Crippen molar-refractivity contribution in [2.75, 3.05) is 79.1 Å². The van der Waals surface area contributed by atoms with Crippen LogP contribution in [0.5, 0.6) is 0 Å². The molecule has 0 aliphatic carbocycles. The summed E-state index contributed by atoms with van der Waals surface area (Å²) in [4.78, 5) is 2.37. The van der Waals surface area contributed by atoms with E-state index < -0.39 is 26.4 Å². The first-order chi connectivity index (χ1) is 17.8. The molecule has 0 bridgehead atoms. The quantitative estimate of drug-likeness (QED) is 0.129. The molecule has 0 rings (SSSR count). The molecule has 0 aromatic carbocycles. The van der Waals surface area contributed by atoms with Crippen molar-refractivity contribution in [3.63, 3.8) is 0 Å². The van der Waals surface area contributed by atoms with Crippen molar-refractivity contribution in [3.05, 3.63) is 0 Å². The molecule has 224 valence electrons. The van der Waals surface area contributed by atoms with E-state index in [0.29, 0.717) is 77.6 Å². The molecule has 37 heavy (non-hydrogen) atoms. The van der Waals surface area contributed by atoms with Crippen LogP contribution in [0.25, 0.3) is 0 Å². The second-order valence-electron chi connectivity index (χ2n) is 8.04. The van der Waals surface area contributed by atoms with Gasteiger partial charge in [0.1, 0.15) is 0 Å². The lowest BCUT2D eigenvalue weighted by Crippen LogP contribution is -2.52. The van der Waals surface area contributed by atoms with E-state index in [0.717, 1.165) is 19.6 Å². The molecule has 0 radical (unpaired) electrons. The van der Waals surface area contributed by atoms with Gasteiger partial charge in [-0.2, -0.15) is 0 Å². The molecule has 0 spiro atoms. The molecule has 13 heteroatoms. The molecule has 0 aromatic rings. The normalized spacial score (nSPS) is 13.1. The number of hydrogen-bond acceptors (Lipinski definition) is 10. The maximum atomic E-state index is 6.12. The molecule has 0 unspecified atom stereocenters. The van der Waals surface area contributed by atoms with E-state index in [4.69, 9.17) is 39.8 Å². The maximum Gasteiger partial charge on any atom is 0.502 e. The molecular weight excluding hydrogens is 531 g/mol. The van der Waals surface area contributed by atoms with Gasteiger partial charge in [0.15, 0.2) is 0 Å². The summed E-state index contributed by atoms with van der Waals surface area (Å²) in [6, 6.07) is 2.05. The lowest BCUT2D eigenvalue weighted by atomic mass is 10.5. The van der Waals surface area contributed by atoms with Crippen molar-refractivity contribution < 1.29 is 39.8 Å². The molecule has 0 saturated heterocycles. The molecular formula is C24H57NO9Si3. The van der Waals surface area contributed by atoms with Crippen LogP contribution in [0.3, 0.4) is 0 Å². The van der Waals surface area contributed by atoms with Gasteiger partial charge in [-0.1, -0.05) is 0 Å². The van der Waals surface area contributed by atoms with Gasteiger partial charge in [0.2, 0.25) is 0 Å². The van der Waals surface area contributed by atoms with Crippen LogP contribution in [0.4, 0.5) is 0 Å². The number of nitrogens with zero attached hydrogens (tertiary/aromatic N) is 1. The Bertz CT molecular complexity index is 415. The summed E-state index contributed by atoms with van der Waals surface area (Å²) in [5, 5.41) is 0. The molecule has 0 aliphatic rings. The van der Waals surface area contributed by atoms with Gasteiger partial charge in [-0.05, 0) is 62.3 Å². The smallest absolute Gasteiger partial charge is 0.374 e. The summed E-state index contributed by atoms with van der Waals surface area (Å²) < 4.78 is 55.1. The van der Waals surface area contributed by atoms with Gasteiger partial charge in [0.05, 0.1) is 0 Å². The highest BCUT2D eigenvalue weighted by molar-refractivity contribution is 6.61. The van der Waals surface area contributed by atoms with E-state index in [9.17, 15) is 0 Å². The minimum atomic E-state index is -2.81. The van der Waals surface area contributed by atoms with Crippen LogP contribution in [0.2, 0.25) is 18.1 Å². The molecule has 0 aromatic heterocycles. The van der Waals surface area contributed by atoms with Crippen molar-refractivity contribution in [3.8, 4) is 0 Å². The second kappa shape index (κ2) is 22.0. The van der Waals surface area contributed by atoms with Crippen molar-refractivity contribution in [2.45, 2.75) is 80.4 Å². The molecule has 0 atom stereocenters. The van der Waals surface area contributed by atoms with E-state index in [-0.39, 0.29) is 0 Å². The molecule has 0 saturated carbocycles. The monoisotopic (exact) mass is 587 g/mol. The molecule has 10 nitrogen and oxygen atoms in total. The summed E-state index contributed by atoms with van der Waals surface area (Å²) in [5.41, 5.74) is 0. The molecule has 0 N–H and O–H groups in total. The van der Waals surface area contributed by atoms with Gasteiger partial charge in [-0.3, -0.25) is 0 Å². The Labute approximate surface area is 230 Å². The van der Waals surface area contributed by atoms with Crippen molar-refractivity contribution >= 4 is 26.4 Å². The Hall–Kier alpha value is 0.251. The van der Waals surface area contributed by atoms with Crippen LogP contribution in [0.15, 0.2) is 0 Å². The molecule has 0 amide bonds. The Morgan fingerprint density at radius 2 is 0.486 bits per heavy atom. The Kier molecular flexibility index (Phi) is 22.1. The van der Waals surface area contributed by atoms with E-state index in [1.54, 1.807) is 0 Å². The standard InChI is InChI=1S/C24H57NO9Si3/c1-10-26-35(27-11-2,28-12-3)22-19-25(20-23-36(29-13-4,30-14-5)31-15-6)21-24-37(32-16-7,33-17-8)34-18-9/h10-24H2,1-9H3. The maximum absolute atomic E-state index is 6.12. The zero-order chi connectivity index (χ0) is 28.0.